The number of nitrogens with zero attached hydrogens (tertiary/aromatic N) is 2. The molecule has 0 saturated carbocycles. The molecule has 0 amide bonds. The SMILES string of the molecule is CCCN(Cc1ccccc1)c1ccncc1N. The molecule has 3 heteroatoms. The predicted molar refractivity (Wildman–Crippen MR) is 76.4 cm³/mol. The van der Waals surface area contributed by atoms with Crippen LogP contribution in [-0.2, 0) is 6.54 Å². The summed E-state index contributed by atoms with van der Waals surface area (Å²) in [7, 11) is 0. The monoisotopic (exact) mass is 241 g/mol. The molecule has 0 unspecified atom stereocenters. The van der Waals surface area contributed by atoms with Crippen molar-refractivity contribution in [2.45, 2.75) is 19.9 Å². The number of aromatic nitrogens is 1. The van der Waals surface area contributed by atoms with Gasteiger partial charge in [-0.15, -0.1) is 0 Å². The summed E-state index contributed by atoms with van der Waals surface area (Å²) in [6, 6.07) is 12.4. The van der Waals surface area contributed by atoms with E-state index in [-0.39, 0.29) is 0 Å². The molecule has 0 atom stereocenters. The molecule has 1 aromatic heterocycles. The minimum atomic E-state index is 0.738. The van der Waals surface area contributed by atoms with Crippen LogP contribution in [0, 0.1) is 0 Å². The fourth-order valence-electron chi connectivity index (χ4n) is 2.05. The molecule has 94 valence electrons. The van der Waals surface area contributed by atoms with E-state index in [0.717, 1.165) is 30.9 Å². The average Bonchev–Trinajstić information content (AvgIpc) is 2.40. The molecule has 2 N–H and O–H groups in total. The van der Waals surface area contributed by atoms with E-state index in [9.17, 15) is 0 Å². The van der Waals surface area contributed by atoms with Gasteiger partial charge in [0.2, 0.25) is 0 Å². The van der Waals surface area contributed by atoms with E-state index in [1.807, 2.05) is 12.1 Å². The summed E-state index contributed by atoms with van der Waals surface area (Å²) in [5.41, 5.74) is 9.10. The molecule has 1 aromatic carbocycles. The van der Waals surface area contributed by atoms with Crippen molar-refractivity contribution in [1.29, 1.82) is 0 Å². The molecule has 2 aromatic rings. The number of hydrogen-bond donors (Lipinski definition) is 1. The Hall–Kier alpha value is -2.03. The summed E-state index contributed by atoms with van der Waals surface area (Å²) in [6.45, 7) is 4.04. The van der Waals surface area contributed by atoms with Gasteiger partial charge in [0.15, 0.2) is 0 Å². The topological polar surface area (TPSA) is 42.2 Å². The van der Waals surface area contributed by atoms with Gasteiger partial charge >= 0.3 is 0 Å². The summed E-state index contributed by atoms with van der Waals surface area (Å²) >= 11 is 0. The summed E-state index contributed by atoms with van der Waals surface area (Å²) in [6.07, 6.45) is 4.59. The Labute approximate surface area is 108 Å². The normalized spacial score (nSPS) is 10.3. The molecule has 18 heavy (non-hydrogen) atoms. The van der Waals surface area contributed by atoms with E-state index >= 15 is 0 Å². The summed E-state index contributed by atoms with van der Waals surface area (Å²) in [4.78, 5) is 6.34. The highest BCUT2D eigenvalue weighted by Crippen LogP contribution is 2.23. The van der Waals surface area contributed by atoms with Crippen molar-refractivity contribution in [3.63, 3.8) is 0 Å². The molecule has 2 rings (SSSR count). The summed E-state index contributed by atoms with van der Waals surface area (Å²) in [5, 5.41) is 0. The van der Waals surface area contributed by atoms with Gasteiger partial charge in [-0.1, -0.05) is 37.3 Å². The Morgan fingerprint density at radius 2 is 1.94 bits per heavy atom. The maximum atomic E-state index is 6.00. The van der Waals surface area contributed by atoms with Gasteiger partial charge in [-0.3, -0.25) is 4.98 Å². The largest absolute Gasteiger partial charge is 0.396 e. The zero-order chi connectivity index (χ0) is 12.8. The van der Waals surface area contributed by atoms with E-state index in [2.05, 4.69) is 41.1 Å². The maximum absolute atomic E-state index is 6.00. The fourth-order valence-corrected chi connectivity index (χ4v) is 2.05. The van der Waals surface area contributed by atoms with Crippen LogP contribution in [0.3, 0.4) is 0 Å². The number of anilines is 2. The van der Waals surface area contributed by atoms with E-state index in [1.165, 1.54) is 5.56 Å². The van der Waals surface area contributed by atoms with Crippen molar-refractivity contribution in [2.75, 3.05) is 17.2 Å². The first-order valence-corrected chi connectivity index (χ1v) is 6.29. The number of pyridine rings is 1. The molecule has 0 aliphatic rings. The lowest BCUT2D eigenvalue weighted by Gasteiger charge is -2.25. The van der Waals surface area contributed by atoms with Crippen LogP contribution < -0.4 is 10.6 Å². The van der Waals surface area contributed by atoms with Gasteiger partial charge in [0.1, 0.15) is 0 Å². The van der Waals surface area contributed by atoms with Crippen molar-refractivity contribution in [1.82, 2.24) is 4.98 Å². The highest BCUT2D eigenvalue weighted by Gasteiger charge is 2.09. The average molecular weight is 241 g/mol. The zero-order valence-corrected chi connectivity index (χ0v) is 10.7. The van der Waals surface area contributed by atoms with Crippen LogP contribution in [0.15, 0.2) is 48.8 Å². The fraction of sp³-hybridized carbons (Fsp3) is 0.267. The molecule has 0 fully saturated rings. The van der Waals surface area contributed by atoms with Gasteiger partial charge < -0.3 is 10.6 Å². The van der Waals surface area contributed by atoms with Crippen molar-refractivity contribution in [2.24, 2.45) is 0 Å². The third-order valence-electron chi connectivity index (χ3n) is 2.88. The van der Waals surface area contributed by atoms with Crippen LogP contribution in [0.1, 0.15) is 18.9 Å². The minimum Gasteiger partial charge on any atom is -0.396 e. The van der Waals surface area contributed by atoms with Crippen LogP contribution >= 0.6 is 0 Å². The number of rotatable bonds is 5. The molecule has 0 bridgehead atoms. The Bertz CT molecular complexity index is 482. The van der Waals surface area contributed by atoms with Gasteiger partial charge in [0, 0.05) is 19.3 Å². The van der Waals surface area contributed by atoms with E-state index in [0.29, 0.717) is 0 Å². The van der Waals surface area contributed by atoms with E-state index in [1.54, 1.807) is 12.4 Å². The smallest absolute Gasteiger partial charge is 0.0738 e. The maximum Gasteiger partial charge on any atom is 0.0738 e. The molecular formula is C15H19N3. The molecule has 0 saturated heterocycles. The Kier molecular flexibility index (Phi) is 4.18. The third-order valence-corrected chi connectivity index (χ3v) is 2.88. The van der Waals surface area contributed by atoms with Crippen molar-refractivity contribution in [3.05, 3.63) is 54.4 Å². The summed E-state index contributed by atoms with van der Waals surface area (Å²) in [5.74, 6) is 0. The number of nitrogen functional groups attached to an aromatic ring is 1. The summed E-state index contributed by atoms with van der Waals surface area (Å²) < 4.78 is 0. The van der Waals surface area contributed by atoms with Crippen LogP contribution in [0.25, 0.3) is 0 Å². The zero-order valence-electron chi connectivity index (χ0n) is 10.7. The first kappa shape index (κ1) is 12.4. The molecule has 1 heterocycles. The molecular weight excluding hydrogens is 222 g/mol. The van der Waals surface area contributed by atoms with Crippen LogP contribution in [-0.4, -0.2) is 11.5 Å². The Morgan fingerprint density at radius 3 is 2.61 bits per heavy atom. The Balaban J connectivity index is 2.21. The van der Waals surface area contributed by atoms with Crippen molar-refractivity contribution >= 4 is 11.4 Å². The lowest BCUT2D eigenvalue weighted by Crippen LogP contribution is -2.24. The molecule has 0 aliphatic heterocycles. The van der Waals surface area contributed by atoms with Crippen molar-refractivity contribution in [3.8, 4) is 0 Å². The second-order valence-corrected chi connectivity index (χ2v) is 4.34. The molecule has 0 spiro atoms. The van der Waals surface area contributed by atoms with Gasteiger partial charge in [-0.2, -0.15) is 0 Å². The number of nitrogens with two attached hydrogens (primary N) is 1. The third kappa shape index (κ3) is 3.00. The predicted octanol–water partition coefficient (Wildman–Crippen LogP) is 3.08. The highest BCUT2D eigenvalue weighted by atomic mass is 15.1. The molecule has 3 nitrogen and oxygen atoms in total. The van der Waals surface area contributed by atoms with Gasteiger partial charge in [-0.25, -0.2) is 0 Å². The number of benzene rings is 1. The second-order valence-electron chi connectivity index (χ2n) is 4.34. The molecule has 0 radical (unpaired) electrons. The van der Waals surface area contributed by atoms with Crippen LogP contribution in [0.4, 0.5) is 11.4 Å². The lowest BCUT2D eigenvalue weighted by atomic mass is 10.2. The van der Waals surface area contributed by atoms with Gasteiger partial charge in [0.25, 0.3) is 0 Å². The first-order valence-electron chi connectivity index (χ1n) is 6.29. The van der Waals surface area contributed by atoms with Gasteiger partial charge in [0.05, 0.1) is 17.6 Å². The lowest BCUT2D eigenvalue weighted by molar-refractivity contribution is 0.768. The number of hydrogen-bond acceptors (Lipinski definition) is 3. The van der Waals surface area contributed by atoms with Gasteiger partial charge in [-0.05, 0) is 18.1 Å². The van der Waals surface area contributed by atoms with E-state index < -0.39 is 0 Å². The quantitative estimate of drug-likeness (QED) is 0.874. The van der Waals surface area contributed by atoms with Crippen LogP contribution in [0.5, 0.6) is 0 Å². The standard InChI is InChI=1S/C15H19N3/c1-2-10-18(12-13-6-4-3-5-7-13)15-8-9-17-11-14(15)16/h3-9,11H,2,10,12,16H2,1H3. The highest BCUT2D eigenvalue weighted by molar-refractivity contribution is 5.66. The van der Waals surface area contributed by atoms with Crippen molar-refractivity contribution < 1.29 is 0 Å². The molecule has 0 aliphatic carbocycles. The first-order chi connectivity index (χ1) is 8.81. The van der Waals surface area contributed by atoms with E-state index in [4.69, 9.17) is 5.73 Å². The van der Waals surface area contributed by atoms with Crippen LogP contribution in [0.2, 0.25) is 0 Å². The Morgan fingerprint density at radius 1 is 1.17 bits per heavy atom. The second kappa shape index (κ2) is 6.05. The minimum absolute atomic E-state index is 0.738.